The highest BCUT2D eigenvalue weighted by atomic mass is 35.5. The number of carbonyl (C=O) groups is 1. The molecule has 0 aromatic carbocycles. The van der Waals surface area contributed by atoms with Crippen LogP contribution in [0.15, 0.2) is 23.0 Å². The van der Waals surface area contributed by atoms with Gasteiger partial charge >= 0.3 is 0 Å². The molecule has 0 atom stereocenters. The van der Waals surface area contributed by atoms with Crippen molar-refractivity contribution < 1.29 is 9.32 Å². The van der Waals surface area contributed by atoms with Crippen LogP contribution in [0.5, 0.6) is 0 Å². The summed E-state index contributed by atoms with van der Waals surface area (Å²) in [5.41, 5.74) is 1.33. The molecule has 20 heavy (non-hydrogen) atoms. The van der Waals surface area contributed by atoms with Gasteiger partial charge in [0.05, 0.1) is 0 Å². The zero-order chi connectivity index (χ0) is 14.4. The predicted octanol–water partition coefficient (Wildman–Crippen LogP) is 2.04. The van der Waals surface area contributed by atoms with Crippen LogP contribution in [0.3, 0.4) is 0 Å². The third-order valence-corrected chi connectivity index (χ3v) is 2.84. The number of rotatable bonds is 6. The molecule has 2 rings (SSSR count). The van der Waals surface area contributed by atoms with Gasteiger partial charge in [0.1, 0.15) is 5.15 Å². The van der Waals surface area contributed by atoms with E-state index in [1.165, 1.54) is 6.33 Å². The van der Waals surface area contributed by atoms with E-state index in [1.54, 1.807) is 12.1 Å². The maximum atomic E-state index is 12.0. The Morgan fingerprint density at radius 2 is 2.25 bits per heavy atom. The van der Waals surface area contributed by atoms with E-state index in [0.717, 1.165) is 18.5 Å². The summed E-state index contributed by atoms with van der Waals surface area (Å²) in [7, 11) is 0. The van der Waals surface area contributed by atoms with Crippen LogP contribution in [0.1, 0.15) is 35.3 Å². The standard InChI is InChI=1S/C13H15ClN4O2/c1-2-3-10-6-9(7-11(14)18-10)13(19)15-5-4-12-16-8-17-20-12/h6-8H,2-5H2,1H3,(H,15,19). The van der Waals surface area contributed by atoms with E-state index in [2.05, 4.69) is 20.4 Å². The van der Waals surface area contributed by atoms with E-state index in [-0.39, 0.29) is 5.91 Å². The summed E-state index contributed by atoms with van der Waals surface area (Å²) in [5, 5.41) is 6.61. The third kappa shape index (κ3) is 4.03. The van der Waals surface area contributed by atoms with Gasteiger partial charge in [0.15, 0.2) is 6.33 Å². The first-order valence-corrected chi connectivity index (χ1v) is 6.77. The van der Waals surface area contributed by atoms with Gasteiger partial charge in [0.25, 0.3) is 5.91 Å². The first-order valence-electron chi connectivity index (χ1n) is 6.39. The maximum absolute atomic E-state index is 12.0. The van der Waals surface area contributed by atoms with Crippen LogP contribution < -0.4 is 5.32 Å². The second kappa shape index (κ2) is 7.00. The Morgan fingerprint density at radius 1 is 1.40 bits per heavy atom. The first kappa shape index (κ1) is 14.5. The van der Waals surface area contributed by atoms with E-state index in [9.17, 15) is 4.79 Å². The third-order valence-electron chi connectivity index (χ3n) is 2.65. The van der Waals surface area contributed by atoms with Crippen molar-refractivity contribution in [1.82, 2.24) is 20.4 Å². The Balaban J connectivity index is 1.94. The number of nitrogens with one attached hydrogen (secondary N) is 1. The summed E-state index contributed by atoms with van der Waals surface area (Å²) in [6.07, 6.45) is 3.57. The van der Waals surface area contributed by atoms with Gasteiger partial charge in [-0.2, -0.15) is 4.98 Å². The minimum atomic E-state index is -0.189. The minimum absolute atomic E-state index is 0.189. The van der Waals surface area contributed by atoms with Gasteiger partial charge in [0, 0.05) is 24.2 Å². The number of pyridine rings is 1. The average molecular weight is 295 g/mol. The fourth-order valence-corrected chi connectivity index (χ4v) is 1.98. The van der Waals surface area contributed by atoms with Crippen molar-refractivity contribution in [2.45, 2.75) is 26.2 Å². The molecule has 0 fully saturated rings. The van der Waals surface area contributed by atoms with Crippen LogP contribution >= 0.6 is 11.6 Å². The summed E-state index contributed by atoms with van der Waals surface area (Å²) in [5.74, 6) is 0.302. The predicted molar refractivity (Wildman–Crippen MR) is 73.6 cm³/mol. The van der Waals surface area contributed by atoms with Crippen molar-refractivity contribution >= 4 is 17.5 Å². The molecule has 0 radical (unpaired) electrons. The monoisotopic (exact) mass is 294 g/mol. The van der Waals surface area contributed by atoms with Crippen molar-refractivity contribution in [1.29, 1.82) is 0 Å². The SMILES string of the molecule is CCCc1cc(C(=O)NCCc2ncno2)cc(Cl)n1. The van der Waals surface area contributed by atoms with Gasteiger partial charge in [-0.25, -0.2) is 4.98 Å². The number of halogens is 1. The number of nitrogens with zero attached hydrogens (tertiary/aromatic N) is 3. The van der Waals surface area contributed by atoms with Crippen molar-refractivity contribution in [3.63, 3.8) is 0 Å². The fourth-order valence-electron chi connectivity index (χ4n) is 1.76. The van der Waals surface area contributed by atoms with Crippen LogP contribution in [-0.2, 0) is 12.8 Å². The molecule has 2 heterocycles. The summed E-state index contributed by atoms with van der Waals surface area (Å²) in [6.45, 7) is 2.47. The molecule has 6 nitrogen and oxygen atoms in total. The lowest BCUT2D eigenvalue weighted by molar-refractivity contribution is 0.0953. The van der Waals surface area contributed by atoms with Crippen molar-refractivity contribution in [3.05, 3.63) is 40.8 Å². The number of hydrogen-bond donors (Lipinski definition) is 1. The molecular formula is C13H15ClN4O2. The Kier molecular flexibility index (Phi) is 5.06. The van der Waals surface area contributed by atoms with Crippen LogP contribution in [0.4, 0.5) is 0 Å². The smallest absolute Gasteiger partial charge is 0.251 e. The Hall–Kier alpha value is -1.95. The quantitative estimate of drug-likeness (QED) is 0.825. The Morgan fingerprint density at radius 3 is 2.95 bits per heavy atom. The van der Waals surface area contributed by atoms with Gasteiger partial charge < -0.3 is 9.84 Å². The number of hydrogen-bond acceptors (Lipinski definition) is 5. The highest BCUT2D eigenvalue weighted by Crippen LogP contribution is 2.12. The lowest BCUT2D eigenvalue weighted by Crippen LogP contribution is -2.26. The van der Waals surface area contributed by atoms with E-state index in [1.807, 2.05) is 6.92 Å². The molecule has 7 heteroatoms. The molecule has 0 aliphatic heterocycles. The van der Waals surface area contributed by atoms with Crippen molar-refractivity contribution in [3.8, 4) is 0 Å². The second-order valence-electron chi connectivity index (χ2n) is 4.26. The summed E-state index contributed by atoms with van der Waals surface area (Å²) in [4.78, 5) is 20.1. The van der Waals surface area contributed by atoms with Gasteiger partial charge in [0.2, 0.25) is 5.89 Å². The fraction of sp³-hybridized carbons (Fsp3) is 0.385. The normalized spacial score (nSPS) is 10.5. The molecule has 1 N–H and O–H groups in total. The molecule has 0 aliphatic carbocycles. The molecule has 0 bridgehead atoms. The summed E-state index contributed by atoms with van der Waals surface area (Å²) >= 11 is 5.92. The van der Waals surface area contributed by atoms with Crippen molar-refractivity contribution in [2.24, 2.45) is 0 Å². The van der Waals surface area contributed by atoms with E-state index in [0.29, 0.717) is 29.6 Å². The summed E-state index contributed by atoms with van der Waals surface area (Å²) in [6, 6.07) is 3.32. The molecule has 0 aliphatic rings. The zero-order valence-electron chi connectivity index (χ0n) is 11.1. The molecule has 2 aromatic heterocycles. The molecular weight excluding hydrogens is 280 g/mol. The lowest BCUT2D eigenvalue weighted by atomic mass is 10.1. The molecule has 1 amide bonds. The van der Waals surface area contributed by atoms with Crippen LogP contribution in [0.2, 0.25) is 5.15 Å². The van der Waals surface area contributed by atoms with Gasteiger partial charge in [-0.1, -0.05) is 30.1 Å². The van der Waals surface area contributed by atoms with Crippen molar-refractivity contribution in [2.75, 3.05) is 6.54 Å². The van der Waals surface area contributed by atoms with Crippen LogP contribution in [0.25, 0.3) is 0 Å². The highest BCUT2D eigenvalue weighted by molar-refractivity contribution is 6.29. The largest absolute Gasteiger partial charge is 0.352 e. The number of aromatic nitrogens is 3. The maximum Gasteiger partial charge on any atom is 0.251 e. The van der Waals surface area contributed by atoms with E-state index >= 15 is 0 Å². The van der Waals surface area contributed by atoms with E-state index in [4.69, 9.17) is 16.1 Å². The van der Waals surface area contributed by atoms with E-state index < -0.39 is 0 Å². The molecule has 0 saturated heterocycles. The lowest BCUT2D eigenvalue weighted by Gasteiger charge is -2.06. The highest BCUT2D eigenvalue weighted by Gasteiger charge is 2.09. The number of aryl methyl sites for hydroxylation is 1. The van der Waals surface area contributed by atoms with Gasteiger partial charge in [-0.3, -0.25) is 4.79 Å². The Bertz CT molecular complexity index is 572. The Labute approximate surface area is 121 Å². The molecule has 2 aromatic rings. The van der Waals surface area contributed by atoms with Gasteiger partial charge in [-0.05, 0) is 18.6 Å². The second-order valence-corrected chi connectivity index (χ2v) is 4.65. The molecule has 0 unspecified atom stereocenters. The first-order chi connectivity index (χ1) is 9.69. The van der Waals surface area contributed by atoms with Crippen LogP contribution in [0, 0.1) is 0 Å². The molecule has 0 saturated carbocycles. The van der Waals surface area contributed by atoms with Crippen LogP contribution in [-0.4, -0.2) is 27.6 Å². The summed E-state index contributed by atoms with van der Waals surface area (Å²) < 4.78 is 4.85. The molecule has 106 valence electrons. The number of carbonyl (C=O) groups excluding carboxylic acids is 1. The van der Waals surface area contributed by atoms with Gasteiger partial charge in [-0.15, -0.1) is 0 Å². The number of amides is 1. The zero-order valence-corrected chi connectivity index (χ0v) is 11.9. The molecule has 0 spiro atoms. The topological polar surface area (TPSA) is 80.9 Å². The minimum Gasteiger partial charge on any atom is -0.352 e. The average Bonchev–Trinajstić information content (AvgIpc) is 2.91.